The fourth-order valence-electron chi connectivity index (χ4n) is 3.57. The van der Waals surface area contributed by atoms with Crippen molar-refractivity contribution in [2.24, 2.45) is 4.99 Å². The summed E-state index contributed by atoms with van der Waals surface area (Å²) in [7, 11) is 1.77. The van der Waals surface area contributed by atoms with Gasteiger partial charge in [0.1, 0.15) is 11.2 Å². The molecule has 0 amide bonds. The number of nitrogens with zero attached hydrogens (tertiary/aromatic N) is 2. The van der Waals surface area contributed by atoms with Crippen LogP contribution in [-0.4, -0.2) is 12.0 Å². The first-order chi connectivity index (χ1) is 13.0. The Bertz CT molecular complexity index is 1270. The molecule has 2 aromatic carbocycles. The molecule has 2 aliphatic heterocycles. The molecule has 0 saturated heterocycles. The van der Waals surface area contributed by atoms with Crippen molar-refractivity contribution in [3.05, 3.63) is 58.4 Å². The van der Waals surface area contributed by atoms with Crippen molar-refractivity contribution in [2.45, 2.75) is 20.8 Å². The van der Waals surface area contributed by atoms with Gasteiger partial charge in [-0.1, -0.05) is 6.07 Å². The maximum absolute atomic E-state index is 6.27. The van der Waals surface area contributed by atoms with Crippen molar-refractivity contribution in [1.82, 2.24) is 4.98 Å². The van der Waals surface area contributed by atoms with Gasteiger partial charge in [-0.05, 0) is 50.6 Å². The van der Waals surface area contributed by atoms with Crippen molar-refractivity contribution in [3.8, 4) is 23.0 Å². The number of aryl methyl sites for hydroxylation is 3. The highest BCUT2D eigenvalue weighted by molar-refractivity contribution is 5.94. The van der Waals surface area contributed by atoms with E-state index >= 15 is 0 Å². The molecule has 0 atom stereocenters. The van der Waals surface area contributed by atoms with E-state index in [1.807, 2.05) is 44.2 Å². The van der Waals surface area contributed by atoms with Gasteiger partial charge >= 0.3 is 0 Å². The number of nitrogens with one attached hydrogen (secondary N) is 1. The maximum atomic E-state index is 6.27. The zero-order chi connectivity index (χ0) is 18.7. The number of rotatable bonds is 0. The second-order valence-corrected chi connectivity index (χ2v) is 6.95. The van der Waals surface area contributed by atoms with E-state index in [1.54, 1.807) is 7.05 Å². The van der Waals surface area contributed by atoms with Crippen LogP contribution in [0.4, 0.5) is 11.4 Å². The van der Waals surface area contributed by atoms with Gasteiger partial charge < -0.3 is 14.5 Å². The summed E-state index contributed by atoms with van der Waals surface area (Å²) in [5.41, 5.74) is 7.36. The van der Waals surface area contributed by atoms with Gasteiger partial charge in [-0.25, -0.2) is 4.98 Å². The van der Waals surface area contributed by atoms with Crippen molar-refractivity contribution in [3.63, 3.8) is 0 Å². The smallest absolute Gasteiger partial charge is 0.158 e. The van der Waals surface area contributed by atoms with Crippen LogP contribution in [0.25, 0.3) is 22.6 Å². The molecule has 2 aromatic rings. The minimum absolute atomic E-state index is 0.723. The molecule has 0 aromatic heterocycles. The fourth-order valence-corrected chi connectivity index (χ4v) is 3.57. The van der Waals surface area contributed by atoms with E-state index < -0.39 is 0 Å². The summed E-state index contributed by atoms with van der Waals surface area (Å²) < 4.78 is 12.5. The number of hydrogen-bond acceptors (Lipinski definition) is 5. The van der Waals surface area contributed by atoms with E-state index in [2.05, 4.69) is 23.3 Å². The molecule has 0 fully saturated rings. The van der Waals surface area contributed by atoms with Crippen LogP contribution < -0.4 is 15.4 Å². The molecule has 0 radical (unpaired) electrons. The summed E-state index contributed by atoms with van der Waals surface area (Å²) in [5.74, 6) is 2.36. The Labute approximate surface area is 156 Å². The lowest BCUT2D eigenvalue weighted by Gasteiger charge is -2.26. The predicted molar refractivity (Wildman–Crippen MR) is 106 cm³/mol. The Morgan fingerprint density at radius 2 is 1.85 bits per heavy atom. The van der Waals surface area contributed by atoms with Gasteiger partial charge in [0.05, 0.1) is 16.7 Å². The number of benzene rings is 3. The largest absolute Gasteiger partial charge is 0.453 e. The highest BCUT2D eigenvalue weighted by Crippen LogP contribution is 2.48. The van der Waals surface area contributed by atoms with Gasteiger partial charge in [-0.15, -0.1) is 0 Å². The van der Waals surface area contributed by atoms with Crippen LogP contribution >= 0.6 is 0 Å². The molecule has 3 aliphatic rings. The third-order valence-corrected chi connectivity index (χ3v) is 5.11. The average Bonchev–Trinajstić information content (AvgIpc) is 2.69. The molecule has 2 heterocycles. The zero-order valence-corrected chi connectivity index (χ0v) is 15.7. The van der Waals surface area contributed by atoms with Crippen LogP contribution in [0.1, 0.15) is 16.7 Å². The lowest BCUT2D eigenvalue weighted by molar-refractivity contribution is 0.476. The van der Waals surface area contributed by atoms with Crippen molar-refractivity contribution in [2.75, 3.05) is 12.4 Å². The molecule has 27 heavy (non-hydrogen) atoms. The van der Waals surface area contributed by atoms with E-state index in [4.69, 9.17) is 14.1 Å². The summed E-state index contributed by atoms with van der Waals surface area (Å²) in [6, 6.07) is 11.9. The summed E-state index contributed by atoms with van der Waals surface area (Å²) in [6.07, 6.45) is 0. The SMILES string of the molecule is CN=c1ccc2nc3c(C)c4c(c(C)c3oc-2c1)Nc1ccc(C)cc1O4. The molecule has 5 rings (SSSR count). The highest BCUT2D eigenvalue weighted by Gasteiger charge is 2.25. The third-order valence-electron chi connectivity index (χ3n) is 5.11. The predicted octanol–water partition coefficient (Wildman–Crippen LogP) is 5.24. The van der Waals surface area contributed by atoms with Crippen LogP contribution in [0.15, 0.2) is 45.8 Å². The average molecular weight is 357 g/mol. The molecule has 1 aliphatic carbocycles. The van der Waals surface area contributed by atoms with Gasteiger partial charge in [0, 0.05) is 24.2 Å². The van der Waals surface area contributed by atoms with Crippen LogP contribution in [0.5, 0.6) is 11.5 Å². The molecule has 0 spiro atoms. The van der Waals surface area contributed by atoms with E-state index in [0.29, 0.717) is 0 Å². The molecule has 0 unspecified atom stereocenters. The van der Waals surface area contributed by atoms with Crippen molar-refractivity contribution >= 4 is 22.5 Å². The second kappa shape index (κ2) is 5.58. The standard InChI is InChI=1S/C22H19N3O2/c1-11-5-7-15-17(9-11)26-21-12(2)20-22(13(3)19(21)24-15)27-18-10-14(23-4)6-8-16(18)25-20/h5-10,24H,1-4H3. The quantitative estimate of drug-likeness (QED) is 0.385. The molecule has 0 saturated carbocycles. The van der Waals surface area contributed by atoms with Gasteiger partial charge in [-0.2, -0.15) is 0 Å². The molecular formula is C22H19N3O2. The first-order valence-electron chi connectivity index (χ1n) is 8.91. The zero-order valence-electron chi connectivity index (χ0n) is 15.7. The second-order valence-electron chi connectivity index (χ2n) is 6.95. The number of fused-ring (bicyclic) bond motifs is 4. The normalized spacial score (nSPS) is 13.3. The summed E-state index contributed by atoms with van der Waals surface area (Å²) in [4.78, 5) is 9.07. The van der Waals surface area contributed by atoms with Crippen molar-refractivity contribution in [1.29, 1.82) is 0 Å². The van der Waals surface area contributed by atoms with E-state index in [-0.39, 0.29) is 0 Å². The molecule has 5 nitrogen and oxygen atoms in total. The third kappa shape index (κ3) is 2.31. The summed E-state index contributed by atoms with van der Waals surface area (Å²) >= 11 is 0. The lowest BCUT2D eigenvalue weighted by atomic mass is 10.0. The number of aromatic nitrogens is 1. The summed E-state index contributed by atoms with van der Waals surface area (Å²) in [5, 5.41) is 4.37. The molecule has 0 bridgehead atoms. The molecule has 5 heteroatoms. The Balaban J connectivity index is 1.81. The maximum Gasteiger partial charge on any atom is 0.158 e. The topological polar surface area (TPSA) is 59.7 Å². The Morgan fingerprint density at radius 3 is 2.67 bits per heavy atom. The van der Waals surface area contributed by atoms with Crippen LogP contribution in [0, 0.1) is 20.8 Å². The highest BCUT2D eigenvalue weighted by atomic mass is 16.5. The van der Waals surface area contributed by atoms with Crippen molar-refractivity contribution < 1.29 is 9.15 Å². The minimum Gasteiger partial charge on any atom is -0.453 e. The Hall–Kier alpha value is -3.34. The van der Waals surface area contributed by atoms with Crippen LogP contribution in [0.3, 0.4) is 0 Å². The number of anilines is 2. The Morgan fingerprint density at radius 1 is 1.00 bits per heavy atom. The first-order valence-corrected chi connectivity index (χ1v) is 8.91. The van der Waals surface area contributed by atoms with Gasteiger partial charge in [0.25, 0.3) is 0 Å². The lowest BCUT2D eigenvalue weighted by Crippen LogP contribution is -2.08. The monoisotopic (exact) mass is 357 g/mol. The Kier molecular flexibility index (Phi) is 3.28. The van der Waals surface area contributed by atoms with Crippen LogP contribution in [-0.2, 0) is 0 Å². The van der Waals surface area contributed by atoms with E-state index in [9.17, 15) is 0 Å². The summed E-state index contributed by atoms with van der Waals surface area (Å²) in [6.45, 7) is 6.11. The number of hydrogen-bond donors (Lipinski definition) is 1. The van der Waals surface area contributed by atoms with E-state index in [0.717, 1.165) is 67.5 Å². The first kappa shape index (κ1) is 15.9. The molecular weight excluding hydrogens is 338 g/mol. The van der Waals surface area contributed by atoms with Gasteiger partial charge in [0.15, 0.2) is 22.8 Å². The van der Waals surface area contributed by atoms with Gasteiger partial charge in [0.2, 0.25) is 0 Å². The molecule has 1 N–H and O–H groups in total. The minimum atomic E-state index is 0.723. The van der Waals surface area contributed by atoms with Gasteiger partial charge in [-0.3, -0.25) is 4.99 Å². The number of ether oxygens (including phenoxy) is 1. The fraction of sp³-hybridized carbons (Fsp3) is 0.182. The van der Waals surface area contributed by atoms with Crippen LogP contribution in [0.2, 0.25) is 0 Å². The van der Waals surface area contributed by atoms with E-state index in [1.165, 1.54) is 0 Å². The molecule has 134 valence electrons.